The van der Waals surface area contributed by atoms with Crippen LogP contribution in [0.2, 0.25) is 0 Å². The summed E-state index contributed by atoms with van der Waals surface area (Å²) in [6, 6.07) is 18.5. The van der Waals surface area contributed by atoms with E-state index in [1.807, 2.05) is 29.6 Å². The van der Waals surface area contributed by atoms with Crippen molar-refractivity contribution in [3.05, 3.63) is 70.4 Å². The zero-order chi connectivity index (χ0) is 13.1. The summed E-state index contributed by atoms with van der Waals surface area (Å²) in [5, 5.41) is 4.43. The van der Waals surface area contributed by atoms with Gasteiger partial charge in [-0.1, -0.05) is 48.5 Å². The topological polar surface area (TPSA) is 17.1 Å². The van der Waals surface area contributed by atoms with Crippen molar-refractivity contribution in [2.45, 2.75) is 12.8 Å². The van der Waals surface area contributed by atoms with Crippen LogP contribution in [0.1, 0.15) is 10.4 Å². The molecule has 0 amide bonds. The molecule has 0 spiro atoms. The van der Waals surface area contributed by atoms with Gasteiger partial charge in [-0.25, -0.2) is 0 Å². The summed E-state index contributed by atoms with van der Waals surface area (Å²) in [4.78, 5) is 13.2. The minimum Gasteiger partial charge on any atom is -0.299 e. The predicted molar refractivity (Wildman–Crippen MR) is 80.7 cm³/mol. The molecule has 0 saturated heterocycles. The van der Waals surface area contributed by atoms with Crippen LogP contribution in [-0.2, 0) is 17.6 Å². The molecule has 0 aliphatic rings. The Morgan fingerprint density at radius 2 is 1.74 bits per heavy atom. The number of ketones is 1. The standard InChI is InChI=1S/C17H14OS/c18-16(12-17-6-3-9-19-17)11-13-7-8-14-4-1-2-5-15(14)10-13/h1-10H,11-12H2. The van der Waals surface area contributed by atoms with E-state index in [2.05, 4.69) is 30.3 Å². The number of carbonyl (C=O) groups is 1. The van der Waals surface area contributed by atoms with Crippen LogP contribution >= 0.6 is 11.3 Å². The molecule has 0 N–H and O–H groups in total. The quantitative estimate of drug-likeness (QED) is 0.689. The van der Waals surface area contributed by atoms with E-state index in [9.17, 15) is 4.79 Å². The fourth-order valence-corrected chi connectivity index (χ4v) is 2.98. The first-order valence-electron chi connectivity index (χ1n) is 6.33. The van der Waals surface area contributed by atoms with Gasteiger partial charge >= 0.3 is 0 Å². The Hall–Kier alpha value is -1.93. The largest absolute Gasteiger partial charge is 0.299 e. The molecule has 0 aliphatic carbocycles. The number of Topliss-reactive ketones (excluding diaryl/α,β-unsaturated/α-hetero) is 1. The van der Waals surface area contributed by atoms with E-state index >= 15 is 0 Å². The third-order valence-corrected chi connectivity index (χ3v) is 4.04. The van der Waals surface area contributed by atoms with Gasteiger partial charge in [0.05, 0.1) is 0 Å². The molecule has 3 rings (SSSR count). The van der Waals surface area contributed by atoms with Gasteiger partial charge in [0.1, 0.15) is 5.78 Å². The predicted octanol–water partition coefficient (Wildman–Crippen LogP) is 4.26. The summed E-state index contributed by atoms with van der Waals surface area (Å²) < 4.78 is 0. The fraction of sp³-hybridized carbons (Fsp3) is 0.118. The molecule has 0 unspecified atom stereocenters. The van der Waals surface area contributed by atoms with Gasteiger partial charge < -0.3 is 0 Å². The Morgan fingerprint density at radius 1 is 0.895 bits per heavy atom. The van der Waals surface area contributed by atoms with Crippen molar-refractivity contribution in [1.82, 2.24) is 0 Å². The molecule has 1 nitrogen and oxygen atoms in total. The maximum absolute atomic E-state index is 12.0. The Morgan fingerprint density at radius 3 is 2.53 bits per heavy atom. The number of benzene rings is 2. The van der Waals surface area contributed by atoms with Crippen LogP contribution in [0.4, 0.5) is 0 Å². The van der Waals surface area contributed by atoms with Crippen molar-refractivity contribution in [2.75, 3.05) is 0 Å². The number of thiophene rings is 1. The van der Waals surface area contributed by atoms with E-state index in [4.69, 9.17) is 0 Å². The molecule has 2 aromatic carbocycles. The lowest BCUT2D eigenvalue weighted by molar-refractivity contribution is -0.117. The van der Waals surface area contributed by atoms with Crippen LogP contribution in [0.5, 0.6) is 0 Å². The molecule has 94 valence electrons. The van der Waals surface area contributed by atoms with E-state index in [0.29, 0.717) is 12.8 Å². The number of rotatable bonds is 4. The van der Waals surface area contributed by atoms with Crippen molar-refractivity contribution >= 4 is 27.9 Å². The highest BCUT2D eigenvalue weighted by atomic mass is 32.1. The highest BCUT2D eigenvalue weighted by molar-refractivity contribution is 7.10. The molecule has 0 fully saturated rings. The van der Waals surface area contributed by atoms with Crippen molar-refractivity contribution in [1.29, 1.82) is 0 Å². The number of hydrogen-bond donors (Lipinski definition) is 0. The van der Waals surface area contributed by atoms with Gasteiger partial charge in [-0.15, -0.1) is 11.3 Å². The summed E-state index contributed by atoms with van der Waals surface area (Å²) >= 11 is 1.64. The van der Waals surface area contributed by atoms with E-state index in [1.165, 1.54) is 10.8 Å². The zero-order valence-corrected chi connectivity index (χ0v) is 11.3. The third-order valence-electron chi connectivity index (χ3n) is 3.17. The molecular formula is C17H14OS. The Balaban J connectivity index is 1.75. The normalized spacial score (nSPS) is 10.7. The number of hydrogen-bond acceptors (Lipinski definition) is 2. The van der Waals surface area contributed by atoms with Crippen LogP contribution in [0.3, 0.4) is 0 Å². The number of carbonyl (C=O) groups excluding carboxylic acids is 1. The Labute approximate surface area is 116 Å². The van der Waals surface area contributed by atoms with Crippen molar-refractivity contribution < 1.29 is 4.79 Å². The van der Waals surface area contributed by atoms with Gasteiger partial charge in [-0.05, 0) is 27.8 Å². The van der Waals surface area contributed by atoms with Gasteiger partial charge in [-0.2, -0.15) is 0 Å². The second-order valence-electron chi connectivity index (χ2n) is 4.65. The minimum atomic E-state index is 0.276. The van der Waals surface area contributed by atoms with Gasteiger partial charge in [0.2, 0.25) is 0 Å². The first-order chi connectivity index (χ1) is 9.31. The summed E-state index contributed by atoms with van der Waals surface area (Å²) in [6.07, 6.45) is 1.06. The molecule has 1 heterocycles. The molecular weight excluding hydrogens is 252 g/mol. The Bertz CT molecular complexity index is 698. The molecule has 0 atom stereocenters. The second kappa shape index (κ2) is 5.37. The Kier molecular flexibility index (Phi) is 3.43. The highest BCUT2D eigenvalue weighted by Gasteiger charge is 2.06. The minimum absolute atomic E-state index is 0.276. The van der Waals surface area contributed by atoms with Gasteiger partial charge in [-0.3, -0.25) is 4.79 Å². The molecule has 1 aromatic heterocycles. The molecule has 0 aliphatic heterocycles. The SMILES string of the molecule is O=C(Cc1ccc2ccccc2c1)Cc1cccs1. The third kappa shape index (κ3) is 2.91. The summed E-state index contributed by atoms with van der Waals surface area (Å²) in [5.74, 6) is 0.276. The maximum Gasteiger partial charge on any atom is 0.142 e. The molecule has 19 heavy (non-hydrogen) atoms. The van der Waals surface area contributed by atoms with Gasteiger partial charge in [0, 0.05) is 17.7 Å². The van der Waals surface area contributed by atoms with Crippen LogP contribution in [0.15, 0.2) is 60.0 Å². The average molecular weight is 266 g/mol. The van der Waals surface area contributed by atoms with E-state index in [-0.39, 0.29) is 5.78 Å². The van der Waals surface area contributed by atoms with Crippen molar-refractivity contribution in [3.63, 3.8) is 0 Å². The van der Waals surface area contributed by atoms with Crippen LogP contribution in [-0.4, -0.2) is 5.78 Å². The summed E-state index contributed by atoms with van der Waals surface area (Å²) in [7, 11) is 0. The second-order valence-corrected chi connectivity index (χ2v) is 5.69. The lowest BCUT2D eigenvalue weighted by Crippen LogP contribution is -2.05. The first-order valence-corrected chi connectivity index (χ1v) is 7.21. The van der Waals surface area contributed by atoms with Gasteiger partial charge in [0.25, 0.3) is 0 Å². The summed E-state index contributed by atoms with van der Waals surface area (Å²) in [5.41, 5.74) is 1.10. The molecule has 2 heteroatoms. The molecule has 0 bridgehead atoms. The van der Waals surface area contributed by atoms with Crippen molar-refractivity contribution in [3.8, 4) is 0 Å². The lowest BCUT2D eigenvalue weighted by Gasteiger charge is -2.03. The summed E-state index contributed by atoms with van der Waals surface area (Å²) in [6.45, 7) is 0. The lowest BCUT2D eigenvalue weighted by atomic mass is 10.0. The first kappa shape index (κ1) is 12.1. The van der Waals surface area contributed by atoms with E-state index in [0.717, 1.165) is 10.4 Å². The maximum atomic E-state index is 12.0. The smallest absolute Gasteiger partial charge is 0.142 e. The van der Waals surface area contributed by atoms with E-state index < -0.39 is 0 Å². The van der Waals surface area contributed by atoms with Crippen molar-refractivity contribution in [2.24, 2.45) is 0 Å². The van der Waals surface area contributed by atoms with Crippen LogP contribution in [0.25, 0.3) is 10.8 Å². The monoisotopic (exact) mass is 266 g/mol. The average Bonchev–Trinajstić information content (AvgIpc) is 2.91. The highest BCUT2D eigenvalue weighted by Crippen LogP contribution is 2.17. The van der Waals surface area contributed by atoms with Gasteiger partial charge in [0.15, 0.2) is 0 Å². The molecule has 0 radical (unpaired) electrons. The molecule has 0 saturated carbocycles. The number of fused-ring (bicyclic) bond motifs is 1. The van der Waals surface area contributed by atoms with Crippen LogP contribution in [0, 0.1) is 0 Å². The fourth-order valence-electron chi connectivity index (χ4n) is 2.25. The van der Waals surface area contributed by atoms with E-state index in [1.54, 1.807) is 11.3 Å². The zero-order valence-electron chi connectivity index (χ0n) is 10.5. The molecule has 3 aromatic rings. The van der Waals surface area contributed by atoms with Crippen LogP contribution < -0.4 is 0 Å².